The zero-order valence-electron chi connectivity index (χ0n) is 3.13. The first kappa shape index (κ1) is 11.9. The molecule has 5 heteroatoms. The van der Waals surface area contributed by atoms with Gasteiger partial charge in [0, 0.05) is 5.33 Å². The minimum absolute atomic E-state index is 0. The van der Waals surface area contributed by atoms with E-state index in [0.717, 1.165) is 5.33 Å². The van der Waals surface area contributed by atoms with E-state index >= 15 is 0 Å². The highest BCUT2D eigenvalue weighted by atomic mass is 80.0. The monoisotopic (exact) mass is 378 g/mol. The first-order valence-electron chi connectivity index (χ1n) is 1.19. The average Bonchev–Trinajstić information content (AvgIpc) is 1.35. The van der Waals surface area contributed by atoms with Crippen LogP contribution in [0, 0.1) is 0 Å². The van der Waals surface area contributed by atoms with Crippen LogP contribution in [0.5, 0.6) is 0 Å². The van der Waals surface area contributed by atoms with Gasteiger partial charge in [-0.15, -0.1) is 12.4 Å². The van der Waals surface area contributed by atoms with Crippen LogP contribution < -0.4 is 0 Å². The number of halogens is 5. The molecule has 0 nitrogen and oxygen atoms in total. The van der Waals surface area contributed by atoms with Crippen molar-refractivity contribution in [3.05, 3.63) is 0 Å². The topological polar surface area (TPSA) is 0 Å². The zero-order chi connectivity index (χ0) is 5.21. The van der Waals surface area contributed by atoms with Crippen LogP contribution in [0.15, 0.2) is 0 Å². The highest BCUT2D eigenvalue weighted by Gasteiger charge is 2.13. The highest BCUT2D eigenvalue weighted by Crippen LogP contribution is 2.34. The normalized spacial score (nSPS) is 10.3. The maximum absolute atomic E-state index is 3.26. The smallest absolute Gasteiger partial charge is 0.144 e. The Morgan fingerprint density at radius 3 is 1.29 bits per heavy atom. The fourth-order valence-corrected chi connectivity index (χ4v) is 0. The lowest BCUT2D eigenvalue weighted by Crippen LogP contribution is -1.97. The van der Waals surface area contributed by atoms with Crippen molar-refractivity contribution < 1.29 is 0 Å². The zero-order valence-corrected chi connectivity index (χ0v) is 10.3. The van der Waals surface area contributed by atoms with E-state index in [1.54, 1.807) is 0 Å². The Balaban J connectivity index is 0. The molecule has 0 aliphatic carbocycles. The molecule has 0 saturated heterocycles. The van der Waals surface area contributed by atoms with E-state index < -0.39 is 0 Å². The van der Waals surface area contributed by atoms with Gasteiger partial charge in [-0.1, -0.05) is 63.7 Å². The molecular weight excluding hydrogens is 379 g/mol. The summed E-state index contributed by atoms with van der Waals surface area (Å²) in [7, 11) is 0. The maximum atomic E-state index is 3.26. The Labute approximate surface area is 82.7 Å². The molecule has 0 spiro atoms. The van der Waals surface area contributed by atoms with Gasteiger partial charge < -0.3 is 0 Å². The summed E-state index contributed by atoms with van der Waals surface area (Å²) in [5.41, 5.74) is 0. The Hall–Kier alpha value is 2.21. The van der Waals surface area contributed by atoms with Crippen LogP contribution in [0.1, 0.15) is 0 Å². The third kappa shape index (κ3) is 11.7. The number of rotatable bonds is 0. The van der Waals surface area contributed by atoms with Crippen molar-refractivity contribution in [2.75, 3.05) is 5.33 Å². The summed E-state index contributed by atoms with van der Waals surface area (Å²) in [6.07, 6.45) is 0. The third-order valence-electron chi connectivity index (χ3n) is 0.152. The van der Waals surface area contributed by atoms with Gasteiger partial charge in [0.2, 0.25) is 0 Å². The van der Waals surface area contributed by atoms with Gasteiger partial charge in [0.1, 0.15) is 2.14 Å². The average molecular weight is 382 g/mol. The largest absolute Gasteiger partial charge is 0.147 e. The van der Waals surface area contributed by atoms with Gasteiger partial charge >= 0.3 is 0 Å². The van der Waals surface area contributed by atoms with E-state index in [1.165, 1.54) is 0 Å². The summed E-state index contributed by atoms with van der Waals surface area (Å²) < 4.78 is -0.104. The molecule has 0 rings (SSSR count). The van der Waals surface area contributed by atoms with Crippen molar-refractivity contribution in [2.24, 2.45) is 0 Å². The van der Waals surface area contributed by atoms with Gasteiger partial charge in [-0.25, -0.2) is 0 Å². The molecule has 0 aromatic rings. The summed E-state index contributed by atoms with van der Waals surface area (Å²) >= 11 is 13.0. The summed E-state index contributed by atoms with van der Waals surface area (Å²) in [4.78, 5) is 0. The summed E-state index contributed by atoms with van der Waals surface area (Å²) in [6, 6.07) is 0. The minimum Gasteiger partial charge on any atom is -0.147 e. The van der Waals surface area contributed by atoms with Gasteiger partial charge in [-0.2, -0.15) is 0 Å². The second-order valence-corrected chi connectivity index (χ2v) is 8.56. The Morgan fingerprint density at radius 1 is 1.14 bits per heavy atom. The fraction of sp³-hybridized carbons (Fsp3) is 1.00. The lowest BCUT2D eigenvalue weighted by atomic mass is 11.0. The molecule has 7 heavy (non-hydrogen) atoms. The first-order valence-corrected chi connectivity index (χ1v) is 4.69. The number of hydrogen-bond donors (Lipinski definition) is 0. The lowest BCUT2D eigenvalue weighted by Gasteiger charge is -2.03. The molecule has 0 aliphatic heterocycles. The Bertz CT molecular complexity index is 39.4. The molecule has 0 amide bonds. The van der Waals surface area contributed by atoms with Crippen molar-refractivity contribution in [2.45, 2.75) is 2.14 Å². The van der Waals surface area contributed by atoms with Gasteiger partial charge in [0.05, 0.1) is 0 Å². The number of hydrogen-bond acceptors (Lipinski definition) is 0. The second-order valence-electron chi connectivity index (χ2n) is 0.749. The van der Waals surface area contributed by atoms with Gasteiger partial charge in [0.15, 0.2) is 0 Å². The maximum Gasteiger partial charge on any atom is 0.144 e. The molecule has 0 aromatic heterocycles. The first-order chi connectivity index (χ1) is 2.56. The standard InChI is InChI=1S/C2H2Br4.ClH/c3-1-2(4,5)6;/h1H2;1H. The Kier molecular flexibility index (Phi) is 8.58. The van der Waals surface area contributed by atoms with Crippen LogP contribution in [0.25, 0.3) is 0 Å². The van der Waals surface area contributed by atoms with Crippen molar-refractivity contribution >= 4 is 76.1 Å². The highest BCUT2D eigenvalue weighted by molar-refractivity contribution is 9.40. The van der Waals surface area contributed by atoms with Crippen LogP contribution in [0.3, 0.4) is 0 Å². The molecule has 0 bridgehead atoms. The van der Waals surface area contributed by atoms with Crippen LogP contribution in [0.2, 0.25) is 0 Å². The minimum atomic E-state index is -0.104. The second kappa shape index (κ2) is 5.03. The molecule has 0 saturated carbocycles. The van der Waals surface area contributed by atoms with E-state index in [4.69, 9.17) is 0 Å². The molecule has 0 heterocycles. The predicted octanol–water partition coefficient (Wildman–Crippen LogP) is 3.64. The quantitative estimate of drug-likeness (QED) is 0.562. The molecule has 0 N–H and O–H groups in total. The van der Waals surface area contributed by atoms with Gasteiger partial charge in [0.25, 0.3) is 0 Å². The van der Waals surface area contributed by atoms with Crippen molar-refractivity contribution in [3.8, 4) is 0 Å². The summed E-state index contributed by atoms with van der Waals surface area (Å²) in [5, 5.41) is 0.833. The van der Waals surface area contributed by atoms with Gasteiger partial charge in [-0.3, -0.25) is 0 Å². The number of alkyl halides is 4. The van der Waals surface area contributed by atoms with Crippen LogP contribution in [-0.2, 0) is 0 Å². The van der Waals surface area contributed by atoms with E-state index in [-0.39, 0.29) is 14.5 Å². The lowest BCUT2D eigenvalue weighted by molar-refractivity contribution is 1.46. The van der Waals surface area contributed by atoms with Crippen molar-refractivity contribution in [1.29, 1.82) is 0 Å². The SMILES string of the molecule is BrCC(Br)(Br)Br.Cl. The van der Waals surface area contributed by atoms with Crippen molar-refractivity contribution in [1.82, 2.24) is 0 Å². The third-order valence-corrected chi connectivity index (χ3v) is 4.09. The molecule has 0 fully saturated rings. The fourth-order valence-electron chi connectivity index (χ4n) is 0. The molecular formula is C2H3Br4Cl. The van der Waals surface area contributed by atoms with E-state index in [1.807, 2.05) is 0 Å². The van der Waals surface area contributed by atoms with E-state index in [0.29, 0.717) is 0 Å². The van der Waals surface area contributed by atoms with E-state index in [9.17, 15) is 0 Å². The predicted molar refractivity (Wildman–Crippen MR) is 50.6 cm³/mol. The van der Waals surface area contributed by atoms with Crippen LogP contribution >= 0.6 is 76.1 Å². The van der Waals surface area contributed by atoms with Crippen LogP contribution in [-0.4, -0.2) is 7.47 Å². The summed E-state index contributed by atoms with van der Waals surface area (Å²) in [6.45, 7) is 0. The molecule has 0 radical (unpaired) electrons. The van der Waals surface area contributed by atoms with Crippen molar-refractivity contribution in [3.63, 3.8) is 0 Å². The van der Waals surface area contributed by atoms with E-state index in [2.05, 4.69) is 63.7 Å². The summed E-state index contributed by atoms with van der Waals surface area (Å²) in [5.74, 6) is 0. The molecule has 0 unspecified atom stereocenters. The Morgan fingerprint density at radius 2 is 1.29 bits per heavy atom. The molecule has 0 atom stereocenters. The van der Waals surface area contributed by atoms with Crippen LogP contribution in [0.4, 0.5) is 0 Å². The molecule has 0 aliphatic rings. The van der Waals surface area contributed by atoms with Gasteiger partial charge in [-0.05, 0) is 0 Å². The molecule has 0 aromatic carbocycles. The molecule has 46 valence electrons.